The standard InChI is InChI=1S/C20H19NO6/c1-24-10-11-25-16-7-4-15(5-8-16)21-19(22)13-26-17-6-2-14-3-9-20(23)27-18(14)12-17/h2-9,12H,10-11,13H2,1H3,(H,21,22). The minimum absolute atomic E-state index is 0.172. The highest BCUT2D eigenvalue weighted by Gasteiger charge is 2.06. The maximum absolute atomic E-state index is 12.0. The summed E-state index contributed by atoms with van der Waals surface area (Å²) in [5, 5.41) is 3.51. The minimum atomic E-state index is -0.438. The van der Waals surface area contributed by atoms with Crippen molar-refractivity contribution in [3.8, 4) is 11.5 Å². The van der Waals surface area contributed by atoms with Gasteiger partial charge in [-0.3, -0.25) is 4.79 Å². The van der Waals surface area contributed by atoms with E-state index in [0.29, 0.717) is 36.0 Å². The summed E-state index contributed by atoms with van der Waals surface area (Å²) in [4.78, 5) is 23.3. The van der Waals surface area contributed by atoms with E-state index in [1.807, 2.05) is 0 Å². The number of methoxy groups -OCH3 is 1. The number of rotatable bonds is 8. The predicted octanol–water partition coefficient (Wildman–Crippen LogP) is 2.84. The van der Waals surface area contributed by atoms with Crippen LogP contribution in [0.3, 0.4) is 0 Å². The average Bonchev–Trinajstić information content (AvgIpc) is 2.67. The average molecular weight is 369 g/mol. The number of carbonyl (C=O) groups excluding carboxylic acids is 1. The van der Waals surface area contributed by atoms with Gasteiger partial charge < -0.3 is 23.9 Å². The quantitative estimate of drug-likeness (QED) is 0.485. The first kappa shape index (κ1) is 18.5. The van der Waals surface area contributed by atoms with Crippen molar-refractivity contribution in [3.63, 3.8) is 0 Å². The lowest BCUT2D eigenvalue weighted by atomic mass is 10.2. The van der Waals surface area contributed by atoms with E-state index in [4.69, 9.17) is 18.6 Å². The summed E-state index contributed by atoms with van der Waals surface area (Å²) < 4.78 is 20.9. The van der Waals surface area contributed by atoms with Crippen molar-refractivity contribution >= 4 is 22.6 Å². The second-order valence-electron chi connectivity index (χ2n) is 5.66. The maximum atomic E-state index is 12.0. The molecule has 1 amide bonds. The van der Waals surface area contributed by atoms with Crippen LogP contribution in [0.1, 0.15) is 0 Å². The molecule has 0 unspecified atom stereocenters. The van der Waals surface area contributed by atoms with E-state index < -0.39 is 5.63 Å². The van der Waals surface area contributed by atoms with Gasteiger partial charge in [0.25, 0.3) is 5.91 Å². The summed E-state index contributed by atoms with van der Waals surface area (Å²) in [5.74, 6) is 0.825. The van der Waals surface area contributed by atoms with E-state index >= 15 is 0 Å². The van der Waals surface area contributed by atoms with Gasteiger partial charge in [0.15, 0.2) is 6.61 Å². The molecule has 0 saturated heterocycles. The lowest BCUT2D eigenvalue weighted by Crippen LogP contribution is -2.20. The van der Waals surface area contributed by atoms with E-state index in [1.165, 1.54) is 6.07 Å². The number of benzene rings is 2. The lowest BCUT2D eigenvalue weighted by Gasteiger charge is -2.09. The fourth-order valence-electron chi connectivity index (χ4n) is 2.35. The Labute approximate surface area is 155 Å². The van der Waals surface area contributed by atoms with Crippen LogP contribution in [0.15, 0.2) is 63.8 Å². The molecule has 1 heterocycles. The lowest BCUT2D eigenvalue weighted by molar-refractivity contribution is -0.118. The molecule has 2 aromatic carbocycles. The highest BCUT2D eigenvalue weighted by molar-refractivity contribution is 5.92. The third-order valence-electron chi connectivity index (χ3n) is 3.66. The van der Waals surface area contributed by atoms with E-state index in [0.717, 1.165) is 5.39 Å². The molecule has 1 aromatic heterocycles. The van der Waals surface area contributed by atoms with E-state index in [2.05, 4.69) is 5.32 Å². The first-order valence-electron chi connectivity index (χ1n) is 8.32. The summed E-state index contributed by atoms with van der Waals surface area (Å²) in [5.41, 5.74) is 0.601. The van der Waals surface area contributed by atoms with Gasteiger partial charge >= 0.3 is 5.63 Å². The molecule has 1 N–H and O–H groups in total. The van der Waals surface area contributed by atoms with Gasteiger partial charge in [0.2, 0.25) is 0 Å². The Morgan fingerprint density at radius 1 is 0.963 bits per heavy atom. The Hall–Kier alpha value is -3.32. The van der Waals surface area contributed by atoms with Crippen LogP contribution < -0.4 is 20.4 Å². The number of anilines is 1. The second-order valence-corrected chi connectivity index (χ2v) is 5.66. The summed E-state index contributed by atoms with van der Waals surface area (Å²) in [6.07, 6.45) is 0. The molecule has 7 nitrogen and oxygen atoms in total. The van der Waals surface area contributed by atoms with Gasteiger partial charge in [-0.15, -0.1) is 0 Å². The number of hydrogen-bond acceptors (Lipinski definition) is 6. The fraction of sp³-hybridized carbons (Fsp3) is 0.200. The van der Waals surface area contributed by atoms with Crippen molar-refractivity contribution in [2.24, 2.45) is 0 Å². The largest absolute Gasteiger partial charge is 0.491 e. The number of ether oxygens (including phenoxy) is 3. The van der Waals surface area contributed by atoms with Crippen molar-refractivity contribution in [1.29, 1.82) is 0 Å². The van der Waals surface area contributed by atoms with Crippen molar-refractivity contribution < 1.29 is 23.4 Å². The second kappa shape index (κ2) is 8.86. The Bertz CT molecular complexity index is 964. The Morgan fingerprint density at radius 3 is 2.48 bits per heavy atom. The van der Waals surface area contributed by atoms with E-state index in [-0.39, 0.29) is 12.5 Å². The van der Waals surface area contributed by atoms with Gasteiger partial charge in [0.05, 0.1) is 6.61 Å². The molecule has 0 spiro atoms. The summed E-state index contributed by atoms with van der Waals surface area (Å²) in [7, 11) is 1.61. The highest BCUT2D eigenvalue weighted by Crippen LogP contribution is 2.20. The SMILES string of the molecule is COCCOc1ccc(NC(=O)COc2ccc3ccc(=O)oc3c2)cc1. The van der Waals surface area contributed by atoms with Crippen LogP contribution in [0.25, 0.3) is 11.0 Å². The molecule has 3 aromatic rings. The molecule has 0 saturated carbocycles. The molecule has 7 heteroatoms. The third kappa shape index (κ3) is 5.32. The molecule has 0 bridgehead atoms. The summed E-state index contributed by atoms with van der Waals surface area (Å²) in [6.45, 7) is 0.796. The molecule has 140 valence electrons. The third-order valence-corrected chi connectivity index (χ3v) is 3.66. The van der Waals surface area contributed by atoms with Crippen molar-refractivity contribution in [2.45, 2.75) is 0 Å². The zero-order valence-corrected chi connectivity index (χ0v) is 14.8. The van der Waals surface area contributed by atoms with Crippen LogP contribution in [0.4, 0.5) is 5.69 Å². The predicted molar refractivity (Wildman–Crippen MR) is 100 cm³/mol. The zero-order chi connectivity index (χ0) is 19.1. The van der Waals surface area contributed by atoms with Crippen molar-refractivity contribution in [2.75, 3.05) is 32.2 Å². The van der Waals surface area contributed by atoms with Crippen LogP contribution in [0.2, 0.25) is 0 Å². The maximum Gasteiger partial charge on any atom is 0.336 e. The number of amides is 1. The molecular weight excluding hydrogens is 350 g/mol. The molecule has 0 aliphatic heterocycles. The monoisotopic (exact) mass is 369 g/mol. The van der Waals surface area contributed by atoms with Gasteiger partial charge in [0, 0.05) is 30.3 Å². The summed E-state index contributed by atoms with van der Waals surface area (Å²) in [6, 6.07) is 15.1. The number of hydrogen-bond donors (Lipinski definition) is 1. The van der Waals surface area contributed by atoms with Crippen LogP contribution in [-0.2, 0) is 9.53 Å². The smallest absolute Gasteiger partial charge is 0.336 e. The highest BCUT2D eigenvalue weighted by atomic mass is 16.5. The van der Waals surface area contributed by atoms with E-state index in [1.54, 1.807) is 55.6 Å². The van der Waals surface area contributed by atoms with Gasteiger partial charge in [-0.25, -0.2) is 4.79 Å². The molecule has 0 radical (unpaired) electrons. The number of carbonyl (C=O) groups is 1. The molecule has 0 aliphatic carbocycles. The molecule has 3 rings (SSSR count). The van der Waals surface area contributed by atoms with Crippen molar-refractivity contribution in [3.05, 3.63) is 65.0 Å². The van der Waals surface area contributed by atoms with Crippen LogP contribution in [-0.4, -0.2) is 32.8 Å². The van der Waals surface area contributed by atoms with Gasteiger partial charge in [-0.05, 0) is 42.5 Å². The van der Waals surface area contributed by atoms with Crippen LogP contribution in [0.5, 0.6) is 11.5 Å². The normalized spacial score (nSPS) is 10.6. The first-order chi connectivity index (χ1) is 13.1. The fourth-order valence-corrected chi connectivity index (χ4v) is 2.35. The summed E-state index contributed by atoms with van der Waals surface area (Å²) >= 11 is 0. The Balaban J connectivity index is 1.52. The minimum Gasteiger partial charge on any atom is -0.491 e. The van der Waals surface area contributed by atoms with Crippen molar-refractivity contribution in [1.82, 2.24) is 0 Å². The zero-order valence-electron chi connectivity index (χ0n) is 14.8. The van der Waals surface area contributed by atoms with Crippen LogP contribution in [0, 0.1) is 0 Å². The Morgan fingerprint density at radius 2 is 1.70 bits per heavy atom. The first-order valence-corrected chi connectivity index (χ1v) is 8.32. The van der Waals surface area contributed by atoms with Gasteiger partial charge in [-0.1, -0.05) is 0 Å². The molecule has 0 fully saturated rings. The van der Waals surface area contributed by atoms with Gasteiger partial charge in [0.1, 0.15) is 23.7 Å². The van der Waals surface area contributed by atoms with Crippen LogP contribution >= 0.6 is 0 Å². The topological polar surface area (TPSA) is 87.0 Å². The van der Waals surface area contributed by atoms with E-state index in [9.17, 15) is 9.59 Å². The molecule has 0 aliphatic rings. The van der Waals surface area contributed by atoms with Gasteiger partial charge in [-0.2, -0.15) is 0 Å². The molecule has 27 heavy (non-hydrogen) atoms. The Kier molecular flexibility index (Phi) is 6.06. The molecule has 0 atom stereocenters. The number of fused-ring (bicyclic) bond motifs is 1. The molecular formula is C20H19NO6. The number of nitrogens with one attached hydrogen (secondary N) is 1.